The number of hydrogen-bond acceptors (Lipinski definition) is 6. The molecule has 1 saturated heterocycles. The van der Waals surface area contributed by atoms with Gasteiger partial charge in [0, 0.05) is 18.8 Å². The van der Waals surface area contributed by atoms with Crippen molar-refractivity contribution < 1.29 is 14.3 Å². The minimum atomic E-state index is -0.105. The Morgan fingerprint density at radius 3 is 2.81 bits per heavy atom. The summed E-state index contributed by atoms with van der Waals surface area (Å²) in [5.41, 5.74) is 0.957. The maximum Gasteiger partial charge on any atom is 0.309 e. The van der Waals surface area contributed by atoms with Crippen LogP contribution in [0.5, 0.6) is 0 Å². The summed E-state index contributed by atoms with van der Waals surface area (Å²) >= 11 is 1.43. The van der Waals surface area contributed by atoms with Gasteiger partial charge in [0.15, 0.2) is 5.13 Å². The molecule has 2 heterocycles. The number of nitrogens with zero attached hydrogens (tertiary/aromatic N) is 2. The maximum atomic E-state index is 11.7. The Hall–Kier alpha value is -1.47. The average Bonchev–Trinajstić information content (AvgIpc) is 2.86. The third kappa shape index (κ3) is 4.78. The van der Waals surface area contributed by atoms with Gasteiger partial charge in [0.05, 0.1) is 18.2 Å². The second-order valence-electron chi connectivity index (χ2n) is 5.13. The van der Waals surface area contributed by atoms with Gasteiger partial charge in [-0.1, -0.05) is 0 Å². The lowest BCUT2D eigenvalue weighted by atomic mass is 9.97. The summed E-state index contributed by atoms with van der Waals surface area (Å²) in [5.74, 6) is -0.142. The number of anilines is 1. The van der Waals surface area contributed by atoms with Gasteiger partial charge in [-0.2, -0.15) is 0 Å². The first-order valence-corrected chi connectivity index (χ1v) is 8.07. The molecule has 1 aromatic rings. The molecule has 1 aliphatic heterocycles. The highest BCUT2D eigenvalue weighted by Crippen LogP contribution is 2.22. The van der Waals surface area contributed by atoms with E-state index in [4.69, 9.17) is 4.74 Å². The van der Waals surface area contributed by atoms with Crippen LogP contribution in [0.3, 0.4) is 0 Å². The van der Waals surface area contributed by atoms with Crippen molar-refractivity contribution in [1.82, 2.24) is 9.88 Å². The monoisotopic (exact) mass is 311 g/mol. The Balaban J connectivity index is 1.79. The molecule has 116 valence electrons. The molecule has 1 fully saturated rings. The first kappa shape index (κ1) is 15.9. The zero-order valence-electron chi connectivity index (χ0n) is 12.4. The lowest BCUT2D eigenvalue weighted by molar-refractivity contribution is -0.149. The summed E-state index contributed by atoms with van der Waals surface area (Å²) in [4.78, 5) is 29.3. The zero-order chi connectivity index (χ0) is 15.2. The fourth-order valence-corrected chi connectivity index (χ4v) is 3.15. The van der Waals surface area contributed by atoms with E-state index in [2.05, 4.69) is 15.2 Å². The molecular weight excluding hydrogens is 290 g/mol. The SMILES string of the molecule is CCOC(=O)C1CCN(Cc2csc(NC(C)=O)n2)CC1. The number of carbonyl (C=O) groups is 2. The smallest absolute Gasteiger partial charge is 0.309 e. The number of aromatic nitrogens is 1. The van der Waals surface area contributed by atoms with E-state index >= 15 is 0 Å². The van der Waals surface area contributed by atoms with E-state index in [1.807, 2.05) is 12.3 Å². The molecule has 6 nitrogen and oxygen atoms in total. The molecular formula is C14H21N3O3S. The van der Waals surface area contributed by atoms with Gasteiger partial charge in [-0.15, -0.1) is 11.3 Å². The van der Waals surface area contributed by atoms with Crippen molar-refractivity contribution in [2.45, 2.75) is 33.2 Å². The molecule has 2 rings (SSSR count). The average molecular weight is 311 g/mol. The van der Waals surface area contributed by atoms with Gasteiger partial charge in [-0.05, 0) is 32.9 Å². The number of ether oxygens (including phenoxy) is 1. The van der Waals surface area contributed by atoms with Crippen LogP contribution in [0.15, 0.2) is 5.38 Å². The fourth-order valence-electron chi connectivity index (χ4n) is 2.40. The second-order valence-corrected chi connectivity index (χ2v) is 5.99. The van der Waals surface area contributed by atoms with Crippen LogP contribution in [0.1, 0.15) is 32.4 Å². The molecule has 0 aromatic carbocycles. The highest BCUT2D eigenvalue weighted by Gasteiger charge is 2.26. The standard InChI is InChI=1S/C14H21N3O3S/c1-3-20-13(19)11-4-6-17(7-5-11)8-12-9-21-14(16-12)15-10(2)18/h9,11H,3-8H2,1-2H3,(H,15,16,18). The molecule has 0 atom stereocenters. The molecule has 0 unspecified atom stereocenters. The molecule has 0 saturated carbocycles. The van der Waals surface area contributed by atoms with Crippen LogP contribution in [0.25, 0.3) is 0 Å². The molecule has 0 aliphatic carbocycles. The van der Waals surface area contributed by atoms with Gasteiger partial charge in [-0.25, -0.2) is 4.98 Å². The predicted molar refractivity (Wildman–Crippen MR) is 81.1 cm³/mol. The highest BCUT2D eigenvalue weighted by molar-refractivity contribution is 7.13. The van der Waals surface area contributed by atoms with Crippen LogP contribution in [0.4, 0.5) is 5.13 Å². The predicted octanol–water partition coefficient (Wildman–Crippen LogP) is 1.88. The summed E-state index contributed by atoms with van der Waals surface area (Å²) in [6.07, 6.45) is 1.67. The lowest BCUT2D eigenvalue weighted by Gasteiger charge is -2.30. The Morgan fingerprint density at radius 1 is 1.48 bits per heavy atom. The van der Waals surface area contributed by atoms with E-state index in [0.717, 1.165) is 38.2 Å². The molecule has 1 aliphatic rings. The van der Waals surface area contributed by atoms with E-state index in [1.54, 1.807) is 0 Å². The largest absolute Gasteiger partial charge is 0.466 e. The van der Waals surface area contributed by atoms with Crippen molar-refractivity contribution in [2.24, 2.45) is 5.92 Å². The van der Waals surface area contributed by atoms with E-state index < -0.39 is 0 Å². The first-order valence-electron chi connectivity index (χ1n) is 7.19. The van der Waals surface area contributed by atoms with Crippen molar-refractivity contribution in [3.8, 4) is 0 Å². The van der Waals surface area contributed by atoms with Crippen LogP contribution in [0, 0.1) is 5.92 Å². The number of esters is 1. The van der Waals surface area contributed by atoms with Gasteiger partial charge < -0.3 is 10.1 Å². The summed E-state index contributed by atoms with van der Waals surface area (Å²) < 4.78 is 5.07. The lowest BCUT2D eigenvalue weighted by Crippen LogP contribution is -2.36. The molecule has 0 radical (unpaired) electrons. The number of thiazole rings is 1. The van der Waals surface area contributed by atoms with Crippen molar-refractivity contribution in [1.29, 1.82) is 0 Å². The van der Waals surface area contributed by atoms with E-state index in [9.17, 15) is 9.59 Å². The Morgan fingerprint density at radius 2 is 2.19 bits per heavy atom. The van der Waals surface area contributed by atoms with Crippen LogP contribution >= 0.6 is 11.3 Å². The quantitative estimate of drug-likeness (QED) is 0.841. The van der Waals surface area contributed by atoms with Crippen LogP contribution in [-0.4, -0.2) is 41.5 Å². The molecule has 21 heavy (non-hydrogen) atoms. The zero-order valence-corrected chi connectivity index (χ0v) is 13.2. The van der Waals surface area contributed by atoms with Crippen LogP contribution < -0.4 is 5.32 Å². The molecule has 1 aromatic heterocycles. The molecule has 1 amide bonds. The number of carbonyl (C=O) groups excluding carboxylic acids is 2. The Kier molecular flexibility index (Phi) is 5.69. The van der Waals surface area contributed by atoms with Crippen molar-refractivity contribution in [3.63, 3.8) is 0 Å². The minimum absolute atomic E-state index is 0.0339. The normalized spacial score (nSPS) is 16.7. The van der Waals surface area contributed by atoms with Gasteiger partial charge in [0.2, 0.25) is 5.91 Å². The second kappa shape index (κ2) is 7.51. The number of nitrogens with one attached hydrogen (secondary N) is 1. The van der Waals surface area contributed by atoms with E-state index in [1.165, 1.54) is 18.3 Å². The Labute approximate surface area is 128 Å². The Bertz CT molecular complexity index is 495. The summed E-state index contributed by atoms with van der Waals surface area (Å²) in [6, 6.07) is 0. The highest BCUT2D eigenvalue weighted by atomic mass is 32.1. The maximum absolute atomic E-state index is 11.7. The van der Waals surface area contributed by atoms with E-state index in [0.29, 0.717) is 11.7 Å². The van der Waals surface area contributed by atoms with Gasteiger partial charge >= 0.3 is 5.97 Å². The first-order chi connectivity index (χ1) is 10.1. The minimum Gasteiger partial charge on any atom is -0.466 e. The number of hydrogen-bond donors (Lipinski definition) is 1. The molecule has 7 heteroatoms. The summed E-state index contributed by atoms with van der Waals surface area (Å²) in [5, 5.41) is 5.29. The molecule has 0 spiro atoms. The third-order valence-corrected chi connectivity index (χ3v) is 4.23. The fraction of sp³-hybridized carbons (Fsp3) is 0.643. The number of amides is 1. The molecule has 0 bridgehead atoms. The third-order valence-electron chi connectivity index (χ3n) is 3.43. The molecule has 1 N–H and O–H groups in total. The number of piperidine rings is 1. The summed E-state index contributed by atoms with van der Waals surface area (Å²) in [6.45, 7) is 6.26. The van der Waals surface area contributed by atoms with Crippen molar-refractivity contribution in [3.05, 3.63) is 11.1 Å². The topological polar surface area (TPSA) is 71.5 Å². The summed E-state index contributed by atoms with van der Waals surface area (Å²) in [7, 11) is 0. The number of rotatable bonds is 5. The van der Waals surface area contributed by atoms with E-state index in [-0.39, 0.29) is 17.8 Å². The van der Waals surface area contributed by atoms with Gasteiger partial charge in [-0.3, -0.25) is 14.5 Å². The number of likely N-dealkylation sites (tertiary alicyclic amines) is 1. The van der Waals surface area contributed by atoms with Crippen LogP contribution in [-0.2, 0) is 20.9 Å². The van der Waals surface area contributed by atoms with Crippen molar-refractivity contribution >= 4 is 28.3 Å². The van der Waals surface area contributed by atoms with Gasteiger partial charge in [0.1, 0.15) is 0 Å². The van der Waals surface area contributed by atoms with Crippen LogP contribution in [0.2, 0.25) is 0 Å². The van der Waals surface area contributed by atoms with Crippen molar-refractivity contribution in [2.75, 3.05) is 25.0 Å². The van der Waals surface area contributed by atoms with Gasteiger partial charge in [0.25, 0.3) is 0 Å².